The van der Waals surface area contributed by atoms with Crippen molar-refractivity contribution in [3.63, 3.8) is 0 Å². The monoisotopic (exact) mass is 408 g/mol. The number of aromatic nitrogens is 7. The largest absolute Gasteiger partial charge is 0.307 e. The minimum atomic E-state index is -0.463. The molecule has 5 aromatic heterocycles. The second-order valence-electron chi connectivity index (χ2n) is 6.88. The van der Waals surface area contributed by atoms with Gasteiger partial charge in [-0.3, -0.25) is 14.8 Å². The van der Waals surface area contributed by atoms with Crippen LogP contribution in [0.25, 0.3) is 26.1 Å². The van der Waals surface area contributed by atoms with Crippen LogP contribution in [-0.2, 0) is 0 Å². The molecule has 0 N–H and O–H groups in total. The highest BCUT2D eigenvalue weighted by Crippen LogP contribution is 2.36. The van der Waals surface area contributed by atoms with Crippen molar-refractivity contribution in [2.45, 2.75) is 33.2 Å². The quantitative estimate of drug-likeness (QED) is 0.329. The topological polar surface area (TPSA) is 117 Å². The van der Waals surface area contributed by atoms with Gasteiger partial charge in [0.1, 0.15) is 34.3 Å². The number of pyridine rings is 1. The van der Waals surface area contributed by atoms with Crippen LogP contribution >= 0.6 is 11.3 Å². The van der Waals surface area contributed by atoms with Crippen LogP contribution in [0, 0.1) is 24.0 Å². The zero-order chi connectivity index (χ0) is 20.3. The molecule has 11 heteroatoms. The lowest BCUT2D eigenvalue weighted by molar-refractivity contribution is -0.385. The molecule has 0 aliphatic heterocycles. The molecule has 0 spiro atoms. The summed E-state index contributed by atoms with van der Waals surface area (Å²) in [7, 11) is 0. The van der Waals surface area contributed by atoms with Crippen molar-refractivity contribution in [3.05, 3.63) is 52.0 Å². The van der Waals surface area contributed by atoms with Gasteiger partial charge in [-0.15, -0.1) is 16.4 Å². The lowest BCUT2D eigenvalue weighted by atomic mass is 10.1. The van der Waals surface area contributed by atoms with E-state index in [0.717, 1.165) is 31.7 Å². The van der Waals surface area contributed by atoms with Crippen LogP contribution < -0.4 is 0 Å². The van der Waals surface area contributed by atoms with Crippen LogP contribution in [0.1, 0.15) is 36.5 Å². The molecule has 0 fully saturated rings. The normalized spacial score (nSPS) is 12.9. The van der Waals surface area contributed by atoms with Crippen molar-refractivity contribution in [2.24, 2.45) is 0 Å². The van der Waals surface area contributed by atoms with E-state index in [1.807, 2.05) is 19.9 Å². The van der Waals surface area contributed by atoms with Gasteiger partial charge in [0.2, 0.25) is 0 Å². The number of nitro groups is 1. The highest BCUT2D eigenvalue weighted by molar-refractivity contribution is 7.26. The van der Waals surface area contributed by atoms with E-state index in [4.69, 9.17) is 4.98 Å². The average Bonchev–Trinajstić information content (AvgIpc) is 3.37. The molecule has 0 aromatic carbocycles. The fourth-order valence-corrected chi connectivity index (χ4v) is 4.83. The van der Waals surface area contributed by atoms with Crippen molar-refractivity contribution < 1.29 is 4.92 Å². The van der Waals surface area contributed by atoms with Gasteiger partial charge in [0, 0.05) is 11.1 Å². The van der Waals surface area contributed by atoms with E-state index in [-0.39, 0.29) is 11.7 Å². The van der Waals surface area contributed by atoms with E-state index < -0.39 is 4.92 Å². The summed E-state index contributed by atoms with van der Waals surface area (Å²) in [5, 5.41) is 20.7. The predicted octanol–water partition coefficient (Wildman–Crippen LogP) is 3.61. The van der Waals surface area contributed by atoms with Crippen LogP contribution in [-0.4, -0.2) is 39.3 Å². The Morgan fingerprint density at radius 1 is 1.31 bits per heavy atom. The van der Waals surface area contributed by atoms with Gasteiger partial charge in [-0.2, -0.15) is 5.10 Å². The number of thiophene rings is 1. The smallest absolute Gasteiger partial charge is 0.258 e. The van der Waals surface area contributed by atoms with Gasteiger partial charge < -0.3 is 0 Å². The highest BCUT2D eigenvalue weighted by Gasteiger charge is 2.23. The van der Waals surface area contributed by atoms with E-state index in [1.165, 1.54) is 17.1 Å². The molecule has 0 aliphatic carbocycles. The summed E-state index contributed by atoms with van der Waals surface area (Å²) in [6, 6.07) is 1.74. The summed E-state index contributed by atoms with van der Waals surface area (Å²) in [6.07, 6.45) is 4.93. The molecule has 10 nitrogen and oxygen atoms in total. The van der Waals surface area contributed by atoms with E-state index in [0.29, 0.717) is 17.9 Å². The number of nitrogens with zero attached hydrogens (tertiary/aromatic N) is 8. The highest BCUT2D eigenvalue weighted by atomic mass is 32.1. The third kappa shape index (κ3) is 2.65. The summed E-state index contributed by atoms with van der Waals surface area (Å²) >= 11 is 1.55. The Bertz CT molecular complexity index is 1420. The minimum Gasteiger partial charge on any atom is -0.258 e. The van der Waals surface area contributed by atoms with E-state index in [2.05, 4.69) is 27.1 Å². The maximum absolute atomic E-state index is 11.0. The first-order valence-corrected chi connectivity index (χ1v) is 9.88. The molecule has 0 unspecified atom stereocenters. The molecule has 29 heavy (non-hydrogen) atoms. The average molecular weight is 408 g/mol. The third-order valence-electron chi connectivity index (χ3n) is 4.91. The molecular formula is C18H16N8O2S. The molecule has 0 amide bonds. The summed E-state index contributed by atoms with van der Waals surface area (Å²) in [6.45, 7) is 6.00. The van der Waals surface area contributed by atoms with Gasteiger partial charge in [-0.25, -0.2) is 19.5 Å². The summed E-state index contributed by atoms with van der Waals surface area (Å²) in [5.41, 5.74) is 3.60. The molecule has 5 rings (SSSR count). The van der Waals surface area contributed by atoms with Gasteiger partial charge in [-0.05, 0) is 31.9 Å². The van der Waals surface area contributed by atoms with Crippen molar-refractivity contribution in [3.8, 4) is 0 Å². The first kappa shape index (κ1) is 17.6. The standard InChI is InChI=1S/C18H16N8O2S/c1-4-12(24-7-11(6-20-24)26(27)28)16-22-17-15-14(19-8-25(17)23-16)13-9(2)5-10(3)21-18(13)29-15/h5-8,12H,4H2,1-3H3/t12-/m0/s1. The molecule has 0 saturated carbocycles. The van der Waals surface area contributed by atoms with Gasteiger partial charge in [-0.1, -0.05) is 6.92 Å². The second kappa shape index (κ2) is 6.27. The van der Waals surface area contributed by atoms with Crippen molar-refractivity contribution in [1.29, 1.82) is 0 Å². The van der Waals surface area contributed by atoms with Crippen molar-refractivity contribution in [2.75, 3.05) is 0 Å². The van der Waals surface area contributed by atoms with Crippen LogP contribution in [0.15, 0.2) is 24.8 Å². The maximum atomic E-state index is 11.0. The van der Waals surface area contributed by atoms with E-state index >= 15 is 0 Å². The molecule has 5 aromatic rings. The van der Waals surface area contributed by atoms with E-state index in [1.54, 1.807) is 22.2 Å². The lowest BCUT2D eigenvalue weighted by Crippen LogP contribution is -2.12. The summed E-state index contributed by atoms with van der Waals surface area (Å²) in [5.74, 6) is 0.540. The summed E-state index contributed by atoms with van der Waals surface area (Å²) in [4.78, 5) is 25.5. The number of hydrogen-bond acceptors (Lipinski definition) is 8. The molecule has 146 valence electrons. The Morgan fingerprint density at radius 2 is 2.14 bits per heavy atom. The van der Waals surface area contributed by atoms with Gasteiger partial charge >= 0.3 is 5.69 Å². The van der Waals surface area contributed by atoms with Gasteiger partial charge in [0.15, 0.2) is 11.5 Å². The molecule has 0 bridgehead atoms. The molecule has 5 heterocycles. The Balaban J connectivity index is 1.70. The number of hydrogen-bond donors (Lipinski definition) is 0. The Hall–Kier alpha value is -3.47. The van der Waals surface area contributed by atoms with Crippen LogP contribution in [0.2, 0.25) is 0 Å². The van der Waals surface area contributed by atoms with Crippen LogP contribution in [0.3, 0.4) is 0 Å². The van der Waals surface area contributed by atoms with Gasteiger partial charge in [0.25, 0.3) is 0 Å². The zero-order valence-electron chi connectivity index (χ0n) is 15.9. The Labute approximate surface area is 168 Å². The first-order valence-electron chi connectivity index (χ1n) is 9.06. The van der Waals surface area contributed by atoms with E-state index in [9.17, 15) is 10.1 Å². The Morgan fingerprint density at radius 3 is 2.86 bits per heavy atom. The number of aryl methyl sites for hydroxylation is 2. The molecular weight excluding hydrogens is 392 g/mol. The first-order chi connectivity index (χ1) is 14.0. The fraction of sp³-hybridized carbons (Fsp3) is 0.278. The SMILES string of the molecule is CC[C@@H](c1nc2c3sc4nc(C)cc(C)c4c3ncn2n1)n1cc([N+](=O)[O-])cn1. The molecule has 0 saturated heterocycles. The minimum absolute atomic E-state index is 0.0577. The molecule has 1 atom stereocenters. The van der Waals surface area contributed by atoms with Crippen LogP contribution in [0.5, 0.6) is 0 Å². The van der Waals surface area contributed by atoms with Gasteiger partial charge in [0.05, 0.1) is 10.4 Å². The second-order valence-corrected chi connectivity index (χ2v) is 7.88. The fourth-order valence-electron chi connectivity index (χ4n) is 3.61. The van der Waals surface area contributed by atoms with Crippen molar-refractivity contribution >= 4 is 43.1 Å². The molecule has 0 radical (unpaired) electrons. The third-order valence-corrected chi connectivity index (χ3v) is 5.98. The van der Waals surface area contributed by atoms with Crippen LogP contribution in [0.4, 0.5) is 5.69 Å². The summed E-state index contributed by atoms with van der Waals surface area (Å²) < 4.78 is 4.11. The molecule has 0 aliphatic rings. The zero-order valence-corrected chi connectivity index (χ0v) is 16.7. The van der Waals surface area contributed by atoms with Crippen molar-refractivity contribution in [1.82, 2.24) is 34.3 Å². The lowest BCUT2D eigenvalue weighted by Gasteiger charge is -2.10. The predicted molar refractivity (Wildman–Crippen MR) is 108 cm³/mol. The maximum Gasteiger partial charge on any atom is 0.307 e. The number of rotatable bonds is 4. The number of fused-ring (bicyclic) bond motifs is 5. The Kier molecular flexibility index (Phi) is 3.81.